The second-order valence-corrected chi connectivity index (χ2v) is 4.29. The van der Waals surface area contributed by atoms with Crippen LogP contribution in [0.2, 0.25) is 0 Å². The quantitative estimate of drug-likeness (QED) is 0.821. The molecule has 2 aromatic heterocycles. The van der Waals surface area contributed by atoms with E-state index in [2.05, 4.69) is 34.0 Å². The minimum absolute atomic E-state index is 0. The van der Waals surface area contributed by atoms with E-state index >= 15 is 0 Å². The lowest BCUT2D eigenvalue weighted by Crippen LogP contribution is -2.02. The topological polar surface area (TPSA) is 34.9 Å². The Labute approximate surface area is 101 Å². The highest BCUT2D eigenvalue weighted by Gasteiger charge is 2.00. The summed E-state index contributed by atoms with van der Waals surface area (Å²) < 4.78 is 2.24. The van der Waals surface area contributed by atoms with Crippen molar-refractivity contribution >= 4 is 18.1 Å². The zero-order valence-corrected chi connectivity index (χ0v) is 10.2. The lowest BCUT2D eigenvalue weighted by molar-refractivity contribution is -0.0979. The van der Waals surface area contributed by atoms with Crippen LogP contribution in [-0.4, -0.2) is 16.3 Å². The molecule has 16 heavy (non-hydrogen) atoms. The molecule has 0 amide bonds. The summed E-state index contributed by atoms with van der Waals surface area (Å²) in [6.45, 7) is 5.21. The molecule has 0 bridgehead atoms. The van der Waals surface area contributed by atoms with Crippen LogP contribution in [0.15, 0.2) is 30.0 Å². The number of carbonyl (C=O) groups is 1. The lowest BCUT2D eigenvalue weighted by Gasteiger charge is -2.04. The fraction of sp³-hybridized carbons (Fsp3) is 0.333. The van der Waals surface area contributed by atoms with Crippen LogP contribution in [0.4, 0.5) is 0 Å². The molecule has 2 aromatic rings. The monoisotopic (exact) mass is 238 g/mol. The number of aryl methyl sites for hydroxylation is 3. The molecule has 0 fully saturated rings. The van der Waals surface area contributed by atoms with Crippen molar-refractivity contribution in [2.45, 2.75) is 26.3 Å². The highest BCUT2D eigenvalue weighted by atomic mass is 32.1. The van der Waals surface area contributed by atoms with Crippen molar-refractivity contribution in [1.29, 1.82) is 0 Å². The minimum Gasteiger partial charge on any atom is -0.334 e. The smallest absolute Gasteiger partial charge is 0.106 e. The maximum Gasteiger partial charge on any atom is 0.106 e. The van der Waals surface area contributed by atoms with Crippen LogP contribution < -0.4 is 0 Å². The van der Waals surface area contributed by atoms with Crippen LogP contribution >= 0.6 is 11.3 Å². The van der Waals surface area contributed by atoms with Crippen LogP contribution in [0.3, 0.4) is 0 Å². The van der Waals surface area contributed by atoms with Gasteiger partial charge in [0.25, 0.3) is 0 Å². The summed E-state index contributed by atoms with van der Waals surface area (Å²) in [6.07, 6.45) is 6.05. The number of rotatable bonds is 4. The highest BCUT2D eigenvalue weighted by Crippen LogP contribution is 2.11. The molecule has 2 rings (SSSR count). The van der Waals surface area contributed by atoms with Gasteiger partial charge in [0.05, 0.1) is 6.33 Å². The zero-order chi connectivity index (χ0) is 11.8. The van der Waals surface area contributed by atoms with Gasteiger partial charge < -0.3 is 9.36 Å². The first-order valence-electron chi connectivity index (χ1n) is 5.20. The molecule has 0 saturated heterocycles. The molecule has 4 heteroatoms. The predicted molar refractivity (Wildman–Crippen MR) is 68.9 cm³/mol. The molecular weight excluding hydrogens is 220 g/mol. The fourth-order valence-electron chi connectivity index (χ4n) is 1.53. The molecule has 0 aliphatic carbocycles. The van der Waals surface area contributed by atoms with Crippen molar-refractivity contribution in [2.24, 2.45) is 0 Å². The van der Waals surface area contributed by atoms with Gasteiger partial charge in [-0.1, -0.05) is 13.0 Å². The Morgan fingerprint density at radius 2 is 2.38 bits per heavy atom. The van der Waals surface area contributed by atoms with Gasteiger partial charge in [-0.05, 0) is 24.3 Å². The number of nitrogens with zero attached hydrogens (tertiary/aromatic N) is 2. The van der Waals surface area contributed by atoms with Gasteiger partial charge in [-0.15, -0.1) is 11.3 Å². The molecule has 0 aromatic carbocycles. The summed E-state index contributed by atoms with van der Waals surface area (Å²) in [5, 5.41) is 2.13. The van der Waals surface area contributed by atoms with Crippen LogP contribution in [0.25, 0.3) is 0 Å². The predicted octanol–water partition coefficient (Wildman–Crippen LogP) is 2.81. The van der Waals surface area contributed by atoms with E-state index in [9.17, 15) is 0 Å². The Morgan fingerprint density at radius 1 is 1.56 bits per heavy atom. The standard InChI is InChI=1S/C11H14N2S.CH2O.H2/c1-2-10-8-12-9-13(10)6-5-11-4-3-7-14-11;1-2;/h3-4,7-9H,2,5-6H2,1H3;1H2;1H. The minimum atomic E-state index is 0. The van der Waals surface area contributed by atoms with Crippen molar-refractivity contribution in [3.05, 3.63) is 40.6 Å². The summed E-state index contributed by atoms with van der Waals surface area (Å²) in [7, 11) is 0. The van der Waals surface area contributed by atoms with E-state index in [1.807, 2.05) is 30.7 Å². The average molecular weight is 238 g/mol. The van der Waals surface area contributed by atoms with Crippen molar-refractivity contribution < 1.29 is 6.22 Å². The number of hydrogen-bond donors (Lipinski definition) is 0. The van der Waals surface area contributed by atoms with Crippen molar-refractivity contribution in [3.63, 3.8) is 0 Å². The van der Waals surface area contributed by atoms with Crippen molar-refractivity contribution in [1.82, 2.24) is 9.55 Å². The lowest BCUT2D eigenvalue weighted by atomic mass is 10.3. The van der Waals surface area contributed by atoms with Crippen LogP contribution in [0, 0.1) is 0 Å². The van der Waals surface area contributed by atoms with Gasteiger partial charge in [0.1, 0.15) is 6.79 Å². The molecule has 88 valence electrons. The first-order chi connectivity index (χ1) is 7.90. The number of thiophene rings is 1. The van der Waals surface area contributed by atoms with Gasteiger partial charge >= 0.3 is 0 Å². The molecule has 0 N–H and O–H groups in total. The van der Waals surface area contributed by atoms with E-state index in [1.165, 1.54) is 10.6 Å². The summed E-state index contributed by atoms with van der Waals surface area (Å²) in [4.78, 5) is 13.6. The second kappa shape index (κ2) is 6.95. The van der Waals surface area contributed by atoms with E-state index in [-0.39, 0.29) is 1.43 Å². The molecule has 0 spiro atoms. The van der Waals surface area contributed by atoms with Gasteiger partial charge in [-0.25, -0.2) is 4.98 Å². The van der Waals surface area contributed by atoms with E-state index in [0.29, 0.717) is 0 Å². The number of aromatic nitrogens is 2. The molecule has 2 heterocycles. The van der Waals surface area contributed by atoms with Gasteiger partial charge in [0.15, 0.2) is 0 Å². The normalized spacial score (nSPS) is 9.56. The third-order valence-electron chi connectivity index (χ3n) is 2.34. The highest BCUT2D eigenvalue weighted by molar-refractivity contribution is 7.09. The first kappa shape index (κ1) is 12.6. The van der Waals surface area contributed by atoms with E-state index in [1.54, 1.807) is 0 Å². The SMILES string of the molecule is C=O.CCc1cncn1CCc1cccs1.[HH]. The van der Waals surface area contributed by atoms with Crippen molar-refractivity contribution in [3.8, 4) is 0 Å². The van der Waals surface area contributed by atoms with Crippen LogP contribution in [0.1, 0.15) is 18.9 Å². The Morgan fingerprint density at radius 3 is 3.00 bits per heavy atom. The first-order valence-corrected chi connectivity index (χ1v) is 6.08. The molecule has 0 atom stereocenters. The van der Waals surface area contributed by atoms with Gasteiger partial charge in [-0.2, -0.15) is 0 Å². The Kier molecular flexibility index (Phi) is 5.50. The average Bonchev–Trinajstić information content (AvgIpc) is 3.00. The zero-order valence-electron chi connectivity index (χ0n) is 9.43. The molecule has 0 radical (unpaired) electrons. The van der Waals surface area contributed by atoms with E-state index < -0.39 is 0 Å². The Hall–Kier alpha value is -1.42. The number of hydrogen-bond acceptors (Lipinski definition) is 3. The molecule has 0 aliphatic heterocycles. The summed E-state index contributed by atoms with van der Waals surface area (Å²) >= 11 is 1.82. The largest absolute Gasteiger partial charge is 0.334 e. The summed E-state index contributed by atoms with van der Waals surface area (Å²) in [5.41, 5.74) is 1.32. The fourth-order valence-corrected chi connectivity index (χ4v) is 2.23. The second-order valence-electron chi connectivity index (χ2n) is 3.26. The van der Waals surface area contributed by atoms with E-state index in [0.717, 1.165) is 19.4 Å². The summed E-state index contributed by atoms with van der Waals surface area (Å²) in [5.74, 6) is 0. The Bertz CT molecular complexity index is 400. The summed E-state index contributed by atoms with van der Waals surface area (Å²) in [6, 6.07) is 4.29. The van der Waals surface area contributed by atoms with Gasteiger partial charge in [0.2, 0.25) is 0 Å². The number of carbonyl (C=O) groups excluding carboxylic acids is 1. The maximum absolute atomic E-state index is 8.00. The van der Waals surface area contributed by atoms with Crippen LogP contribution in [0.5, 0.6) is 0 Å². The molecule has 0 aliphatic rings. The third-order valence-corrected chi connectivity index (χ3v) is 3.28. The molecular formula is C12H18N2OS. The molecule has 3 nitrogen and oxygen atoms in total. The van der Waals surface area contributed by atoms with Crippen molar-refractivity contribution in [2.75, 3.05) is 0 Å². The Balaban J connectivity index is 0.000000811. The van der Waals surface area contributed by atoms with Gasteiger partial charge in [-0.3, -0.25) is 0 Å². The third kappa shape index (κ3) is 3.31. The van der Waals surface area contributed by atoms with E-state index in [4.69, 9.17) is 4.79 Å². The number of imidazole rings is 1. The molecule has 0 saturated carbocycles. The maximum atomic E-state index is 8.00. The molecule has 0 unspecified atom stereocenters. The van der Waals surface area contributed by atoms with Gasteiger partial charge in [0, 0.05) is 24.7 Å². The van der Waals surface area contributed by atoms with Crippen LogP contribution in [-0.2, 0) is 24.2 Å².